The Morgan fingerprint density at radius 3 is 2.79 bits per heavy atom. The van der Waals surface area contributed by atoms with Crippen LogP contribution in [0.1, 0.15) is 0 Å². The Morgan fingerprint density at radius 1 is 1.38 bits per heavy atom. The van der Waals surface area contributed by atoms with E-state index in [4.69, 9.17) is 16.3 Å². The van der Waals surface area contributed by atoms with Crippen LogP contribution in [-0.2, 0) is 14.3 Å². The number of nitrogens with zero attached hydrogens (tertiary/aromatic N) is 2. The van der Waals surface area contributed by atoms with Gasteiger partial charge in [0, 0.05) is 11.1 Å². The number of carbonyl (C=O) groups excluding carboxylic acids is 2. The summed E-state index contributed by atoms with van der Waals surface area (Å²) in [4.78, 5) is 37.0. The molecule has 0 saturated carbocycles. The van der Waals surface area contributed by atoms with E-state index in [1.807, 2.05) is 0 Å². The second-order valence-electron chi connectivity index (χ2n) is 5.96. The van der Waals surface area contributed by atoms with E-state index in [-0.39, 0.29) is 10.7 Å². The van der Waals surface area contributed by atoms with Crippen LogP contribution in [0.2, 0.25) is 5.02 Å². The van der Waals surface area contributed by atoms with Crippen molar-refractivity contribution in [1.82, 2.24) is 0 Å². The Hall–Kier alpha value is -2.29. The van der Waals surface area contributed by atoms with Crippen molar-refractivity contribution in [3.63, 3.8) is 0 Å². The number of hydrogen-bond acceptors (Lipinski definition) is 6. The van der Waals surface area contributed by atoms with Gasteiger partial charge in [-0.2, -0.15) is 0 Å². The van der Waals surface area contributed by atoms with Crippen molar-refractivity contribution in [2.45, 2.75) is 11.7 Å². The lowest BCUT2D eigenvalue weighted by atomic mass is 9.77. The lowest BCUT2D eigenvalue weighted by Gasteiger charge is -2.26. The maximum atomic E-state index is 12.8. The third kappa shape index (κ3) is 1.75. The van der Waals surface area contributed by atoms with E-state index in [1.54, 1.807) is 12.2 Å². The van der Waals surface area contributed by atoms with Crippen molar-refractivity contribution >= 4 is 34.8 Å². The minimum absolute atomic E-state index is 0.124. The molecule has 0 spiro atoms. The molecule has 3 aliphatic rings. The molecule has 2 saturated heterocycles. The summed E-state index contributed by atoms with van der Waals surface area (Å²) >= 11 is 5.78. The van der Waals surface area contributed by atoms with Crippen LogP contribution in [0.5, 0.6) is 0 Å². The number of benzene rings is 1. The molecule has 0 aromatic heterocycles. The van der Waals surface area contributed by atoms with Crippen LogP contribution in [0.25, 0.3) is 0 Å². The van der Waals surface area contributed by atoms with Gasteiger partial charge in [-0.05, 0) is 12.1 Å². The van der Waals surface area contributed by atoms with Gasteiger partial charge < -0.3 is 9.84 Å². The third-order valence-corrected chi connectivity index (χ3v) is 5.01. The number of anilines is 1. The molecule has 3 heterocycles. The van der Waals surface area contributed by atoms with Crippen molar-refractivity contribution in [2.24, 2.45) is 11.8 Å². The van der Waals surface area contributed by atoms with Crippen LogP contribution in [-0.4, -0.2) is 40.2 Å². The van der Waals surface area contributed by atoms with E-state index < -0.39 is 52.6 Å². The molecule has 0 radical (unpaired) electrons. The average Bonchev–Trinajstić information content (AvgIpc) is 3.19. The zero-order valence-corrected chi connectivity index (χ0v) is 12.8. The van der Waals surface area contributed by atoms with E-state index >= 15 is 0 Å². The molecule has 0 unspecified atom stereocenters. The lowest BCUT2D eigenvalue weighted by molar-refractivity contribution is -0.384. The van der Waals surface area contributed by atoms with Gasteiger partial charge in [-0.15, -0.1) is 0 Å². The first kappa shape index (κ1) is 15.3. The molecule has 1 aromatic rings. The number of fused-ring (bicyclic) bond motifs is 5. The molecule has 0 aliphatic carbocycles. The van der Waals surface area contributed by atoms with Crippen LogP contribution in [0.15, 0.2) is 30.4 Å². The quantitative estimate of drug-likeness (QED) is 0.377. The fourth-order valence-electron chi connectivity index (χ4n) is 3.75. The summed E-state index contributed by atoms with van der Waals surface area (Å²) in [5.41, 5.74) is -1.79. The topological polar surface area (TPSA) is 110 Å². The number of imide groups is 1. The zero-order chi connectivity index (χ0) is 17.2. The van der Waals surface area contributed by atoms with Crippen LogP contribution in [0.3, 0.4) is 0 Å². The highest BCUT2D eigenvalue weighted by Gasteiger charge is 2.68. The predicted octanol–water partition coefficient (Wildman–Crippen LogP) is 1.05. The summed E-state index contributed by atoms with van der Waals surface area (Å²) in [6.07, 6.45) is 2.61. The summed E-state index contributed by atoms with van der Waals surface area (Å²) in [5.74, 6) is -2.86. The molecule has 2 amide bonds. The standard InChI is InChI=1S/C15H11ClN2O6/c16-7-1-2-8(9(5-7)18(22)23)17-13(20)11-10-3-4-15(6-19,24-10)12(11)14(17)21/h1-5,10-12,19H,6H2/t10-,11-,12-,15-/m0/s1. The normalized spacial score (nSPS) is 33.4. The second kappa shape index (κ2) is 4.85. The van der Waals surface area contributed by atoms with Gasteiger partial charge in [0.15, 0.2) is 0 Å². The molecule has 4 atom stereocenters. The molecule has 2 bridgehead atoms. The van der Waals surface area contributed by atoms with Gasteiger partial charge >= 0.3 is 0 Å². The average molecular weight is 351 g/mol. The molecule has 124 valence electrons. The van der Waals surface area contributed by atoms with Gasteiger partial charge in [-0.1, -0.05) is 23.8 Å². The van der Waals surface area contributed by atoms with Crippen molar-refractivity contribution in [3.05, 3.63) is 45.5 Å². The van der Waals surface area contributed by atoms with Crippen molar-refractivity contribution in [1.29, 1.82) is 0 Å². The van der Waals surface area contributed by atoms with Gasteiger partial charge in [0.25, 0.3) is 5.69 Å². The number of amides is 2. The van der Waals surface area contributed by atoms with Gasteiger partial charge in [0.2, 0.25) is 11.8 Å². The molecule has 8 nitrogen and oxygen atoms in total. The molecule has 9 heteroatoms. The Bertz CT molecular complexity index is 824. The molecular formula is C15H11ClN2O6. The maximum absolute atomic E-state index is 12.8. The highest BCUT2D eigenvalue weighted by atomic mass is 35.5. The predicted molar refractivity (Wildman–Crippen MR) is 81.4 cm³/mol. The zero-order valence-electron chi connectivity index (χ0n) is 12.1. The summed E-state index contributed by atoms with van der Waals surface area (Å²) in [5, 5.41) is 21.0. The van der Waals surface area contributed by atoms with Gasteiger partial charge in [-0.3, -0.25) is 19.7 Å². The van der Waals surface area contributed by atoms with E-state index in [2.05, 4.69) is 0 Å². The highest BCUT2D eigenvalue weighted by Crippen LogP contribution is 2.53. The monoisotopic (exact) mass is 350 g/mol. The lowest BCUT2D eigenvalue weighted by Crippen LogP contribution is -2.43. The number of carbonyl (C=O) groups is 2. The Labute approximate surface area is 140 Å². The number of ether oxygens (including phenoxy) is 1. The first-order chi connectivity index (χ1) is 11.4. The first-order valence-electron chi connectivity index (χ1n) is 7.19. The fraction of sp³-hybridized carbons (Fsp3) is 0.333. The number of aliphatic hydroxyl groups is 1. The van der Waals surface area contributed by atoms with Gasteiger partial charge in [0.05, 0.1) is 29.5 Å². The minimum atomic E-state index is -1.24. The fourth-order valence-corrected chi connectivity index (χ4v) is 3.92. The smallest absolute Gasteiger partial charge is 0.294 e. The van der Waals surface area contributed by atoms with E-state index in [0.717, 1.165) is 11.0 Å². The molecule has 2 fully saturated rings. The Kier molecular flexibility index (Phi) is 3.08. The summed E-state index contributed by atoms with van der Waals surface area (Å²) in [7, 11) is 0. The molecular weight excluding hydrogens is 340 g/mol. The van der Waals surface area contributed by atoms with Crippen molar-refractivity contribution in [2.75, 3.05) is 11.5 Å². The number of halogens is 1. The van der Waals surface area contributed by atoms with Gasteiger partial charge in [0.1, 0.15) is 11.3 Å². The SMILES string of the molecule is O=C1[C@H]2[C@@H]3C=C[C@@](CO)(O3)[C@@H]2C(=O)N1c1ccc(Cl)cc1[N+](=O)[O-]. The first-order valence-corrected chi connectivity index (χ1v) is 7.57. The third-order valence-electron chi connectivity index (χ3n) is 4.78. The number of nitro groups is 1. The largest absolute Gasteiger partial charge is 0.393 e. The molecule has 4 rings (SSSR count). The van der Waals surface area contributed by atoms with E-state index in [0.29, 0.717) is 0 Å². The molecule has 1 aromatic carbocycles. The summed E-state index contributed by atoms with van der Waals surface area (Å²) in [6.45, 7) is -0.448. The highest BCUT2D eigenvalue weighted by molar-refractivity contribution is 6.31. The maximum Gasteiger partial charge on any atom is 0.294 e. The number of aliphatic hydroxyl groups excluding tert-OH is 1. The second-order valence-corrected chi connectivity index (χ2v) is 6.40. The van der Waals surface area contributed by atoms with Crippen molar-refractivity contribution in [3.8, 4) is 0 Å². The Balaban J connectivity index is 1.82. The summed E-state index contributed by atoms with van der Waals surface area (Å²) in [6, 6.07) is 3.75. The summed E-state index contributed by atoms with van der Waals surface area (Å²) < 4.78 is 5.61. The van der Waals surface area contributed by atoms with E-state index in [1.165, 1.54) is 12.1 Å². The molecule has 3 aliphatic heterocycles. The minimum Gasteiger partial charge on any atom is -0.393 e. The van der Waals surface area contributed by atoms with Crippen LogP contribution < -0.4 is 4.90 Å². The number of hydrogen-bond donors (Lipinski definition) is 1. The molecule has 24 heavy (non-hydrogen) atoms. The van der Waals surface area contributed by atoms with Gasteiger partial charge in [-0.25, -0.2) is 4.90 Å². The molecule has 1 N–H and O–H groups in total. The Morgan fingerprint density at radius 2 is 2.12 bits per heavy atom. The van der Waals surface area contributed by atoms with Crippen molar-refractivity contribution < 1.29 is 24.4 Å². The number of rotatable bonds is 3. The number of nitro benzene ring substituents is 1. The van der Waals surface area contributed by atoms with Crippen LogP contribution in [0, 0.1) is 22.0 Å². The van der Waals surface area contributed by atoms with Crippen LogP contribution in [0.4, 0.5) is 11.4 Å². The van der Waals surface area contributed by atoms with Crippen LogP contribution >= 0.6 is 11.6 Å². The van der Waals surface area contributed by atoms with E-state index in [9.17, 15) is 24.8 Å².